The van der Waals surface area contributed by atoms with Gasteiger partial charge in [-0.2, -0.15) is 18.4 Å². The lowest BCUT2D eigenvalue weighted by Crippen LogP contribution is -2.29. The van der Waals surface area contributed by atoms with Crippen LogP contribution in [0, 0.1) is 11.3 Å². The van der Waals surface area contributed by atoms with Gasteiger partial charge >= 0.3 is 6.18 Å². The van der Waals surface area contributed by atoms with Crippen molar-refractivity contribution in [3.63, 3.8) is 0 Å². The van der Waals surface area contributed by atoms with E-state index in [0.717, 1.165) is 6.20 Å². The van der Waals surface area contributed by atoms with Crippen LogP contribution in [0.1, 0.15) is 0 Å². The minimum absolute atomic E-state index is 0.110. The highest BCUT2D eigenvalue weighted by atomic mass is 35.5. The highest BCUT2D eigenvalue weighted by Gasteiger charge is 2.31. The molecule has 16 heavy (non-hydrogen) atoms. The van der Waals surface area contributed by atoms with E-state index in [0.29, 0.717) is 0 Å². The normalized spacial score (nSPS) is 21.0. The largest absolute Gasteiger partial charge is 0.481 e. The molecule has 0 bridgehead atoms. The smallest absolute Gasteiger partial charge is 0.422 e. The van der Waals surface area contributed by atoms with Gasteiger partial charge in [-0.05, 0) is 0 Å². The summed E-state index contributed by atoms with van der Waals surface area (Å²) in [4.78, 5) is 0. The Kier molecular flexibility index (Phi) is 3.94. The lowest BCUT2D eigenvalue weighted by Gasteiger charge is -2.20. The van der Waals surface area contributed by atoms with Crippen molar-refractivity contribution in [1.29, 1.82) is 5.26 Å². The van der Waals surface area contributed by atoms with Crippen LogP contribution < -0.4 is 5.32 Å². The number of rotatable bonds is 2. The van der Waals surface area contributed by atoms with Gasteiger partial charge in [0.2, 0.25) is 0 Å². The van der Waals surface area contributed by atoms with E-state index in [1.54, 1.807) is 6.07 Å². The topological polar surface area (TPSA) is 45.0 Å². The van der Waals surface area contributed by atoms with Gasteiger partial charge in [0.05, 0.1) is 16.1 Å². The molecule has 0 aromatic heterocycles. The standard InChI is InChI=1S/C8H5Cl2F3N2O/c9-4-2-15-5(1-14)6(10)7(4)16-3-8(11,12)13/h2,5,15H,3H2. The van der Waals surface area contributed by atoms with Crippen LogP contribution in [-0.4, -0.2) is 18.8 Å². The van der Waals surface area contributed by atoms with E-state index < -0.39 is 18.8 Å². The third-order valence-corrected chi connectivity index (χ3v) is 2.24. The second-order valence-corrected chi connectivity index (χ2v) is 3.62. The average Bonchev–Trinajstić information content (AvgIpc) is 2.16. The third kappa shape index (κ3) is 3.22. The maximum Gasteiger partial charge on any atom is 0.422 e. The zero-order valence-electron chi connectivity index (χ0n) is 7.61. The highest BCUT2D eigenvalue weighted by Crippen LogP contribution is 2.29. The van der Waals surface area contributed by atoms with E-state index in [1.165, 1.54) is 0 Å². The predicted molar refractivity (Wildman–Crippen MR) is 51.4 cm³/mol. The summed E-state index contributed by atoms with van der Waals surface area (Å²) in [6.07, 6.45) is -3.33. The number of nitriles is 1. The van der Waals surface area contributed by atoms with E-state index in [1.807, 2.05) is 0 Å². The van der Waals surface area contributed by atoms with Crippen molar-refractivity contribution in [2.75, 3.05) is 6.61 Å². The van der Waals surface area contributed by atoms with Crippen molar-refractivity contribution in [2.45, 2.75) is 12.2 Å². The minimum Gasteiger partial charge on any atom is -0.481 e. The monoisotopic (exact) mass is 272 g/mol. The molecule has 1 N–H and O–H groups in total. The van der Waals surface area contributed by atoms with Crippen LogP contribution in [0.15, 0.2) is 22.0 Å². The zero-order valence-corrected chi connectivity index (χ0v) is 9.12. The molecule has 3 nitrogen and oxygen atoms in total. The molecule has 0 aliphatic carbocycles. The first-order valence-corrected chi connectivity index (χ1v) is 4.71. The summed E-state index contributed by atoms with van der Waals surface area (Å²) in [5.41, 5.74) is 0. The first-order chi connectivity index (χ1) is 7.35. The van der Waals surface area contributed by atoms with Crippen molar-refractivity contribution < 1.29 is 17.9 Å². The molecule has 1 unspecified atom stereocenters. The summed E-state index contributed by atoms with van der Waals surface area (Å²) in [7, 11) is 0. The number of ether oxygens (including phenoxy) is 1. The van der Waals surface area contributed by atoms with Gasteiger partial charge in [-0.3, -0.25) is 0 Å². The van der Waals surface area contributed by atoms with Crippen molar-refractivity contribution >= 4 is 23.2 Å². The molecule has 8 heteroatoms. The number of dihydropyridines is 1. The summed E-state index contributed by atoms with van der Waals surface area (Å²) in [6, 6.07) is 0.784. The van der Waals surface area contributed by atoms with Gasteiger partial charge < -0.3 is 10.1 Å². The number of hydrogen-bond donors (Lipinski definition) is 1. The van der Waals surface area contributed by atoms with E-state index >= 15 is 0 Å². The Hall–Kier alpha value is -1.06. The molecular formula is C8H5Cl2F3N2O. The summed E-state index contributed by atoms with van der Waals surface area (Å²) in [5.74, 6) is -0.328. The molecule has 0 saturated carbocycles. The van der Waals surface area contributed by atoms with Crippen LogP contribution in [0.4, 0.5) is 13.2 Å². The molecule has 1 aliphatic rings. The SMILES string of the molecule is N#CC1NC=C(Cl)C(OCC(F)(F)F)=C1Cl. The lowest BCUT2D eigenvalue weighted by molar-refractivity contribution is -0.164. The summed E-state index contributed by atoms with van der Waals surface area (Å²) in [5, 5.41) is 10.8. The van der Waals surface area contributed by atoms with Crippen LogP contribution in [-0.2, 0) is 4.74 Å². The molecular weight excluding hydrogens is 268 g/mol. The second kappa shape index (κ2) is 4.85. The lowest BCUT2D eigenvalue weighted by atomic mass is 10.2. The Morgan fingerprint density at radius 2 is 2.12 bits per heavy atom. The second-order valence-electron chi connectivity index (χ2n) is 2.80. The molecule has 1 rings (SSSR count). The van der Waals surface area contributed by atoms with Gasteiger partial charge in [0.15, 0.2) is 18.4 Å². The average molecular weight is 273 g/mol. The number of halogens is 5. The van der Waals surface area contributed by atoms with E-state index in [9.17, 15) is 13.2 Å². The molecule has 88 valence electrons. The molecule has 1 heterocycles. The fourth-order valence-electron chi connectivity index (χ4n) is 0.926. The molecule has 1 aliphatic heterocycles. The molecule has 0 fully saturated rings. The number of alkyl halides is 3. The Morgan fingerprint density at radius 1 is 1.50 bits per heavy atom. The first kappa shape index (κ1) is 13.0. The highest BCUT2D eigenvalue weighted by molar-refractivity contribution is 6.36. The predicted octanol–water partition coefficient (Wildman–Crippen LogP) is 2.59. The van der Waals surface area contributed by atoms with Gasteiger partial charge in [0, 0.05) is 6.20 Å². The number of nitrogens with one attached hydrogen (secondary N) is 1. The number of allylic oxidation sites excluding steroid dienone is 1. The maximum atomic E-state index is 11.9. The van der Waals surface area contributed by atoms with Gasteiger partial charge in [-0.15, -0.1) is 0 Å². The Labute approximate surface area is 99.1 Å². The summed E-state index contributed by atoms with van der Waals surface area (Å²) < 4.78 is 40.2. The molecule has 0 spiro atoms. The maximum absolute atomic E-state index is 11.9. The Bertz CT molecular complexity index is 384. The fourth-order valence-corrected chi connectivity index (χ4v) is 1.46. The molecule has 0 saturated heterocycles. The van der Waals surface area contributed by atoms with Gasteiger partial charge in [-0.1, -0.05) is 23.2 Å². The van der Waals surface area contributed by atoms with Crippen LogP contribution >= 0.6 is 23.2 Å². The van der Waals surface area contributed by atoms with Crippen molar-refractivity contribution in [1.82, 2.24) is 5.32 Å². The molecule has 0 radical (unpaired) electrons. The Morgan fingerprint density at radius 3 is 2.62 bits per heavy atom. The van der Waals surface area contributed by atoms with Crippen molar-refractivity contribution in [3.8, 4) is 6.07 Å². The number of nitrogens with zero attached hydrogens (tertiary/aromatic N) is 1. The van der Waals surface area contributed by atoms with E-state index in [4.69, 9.17) is 28.5 Å². The van der Waals surface area contributed by atoms with Crippen molar-refractivity contribution in [3.05, 3.63) is 22.0 Å². The van der Waals surface area contributed by atoms with E-state index in [-0.39, 0.29) is 15.8 Å². The van der Waals surface area contributed by atoms with Crippen molar-refractivity contribution in [2.24, 2.45) is 0 Å². The van der Waals surface area contributed by atoms with Crippen LogP contribution in [0.5, 0.6) is 0 Å². The number of hydrogen-bond acceptors (Lipinski definition) is 3. The van der Waals surface area contributed by atoms with Crippen LogP contribution in [0.3, 0.4) is 0 Å². The summed E-state index contributed by atoms with van der Waals surface area (Å²) >= 11 is 11.2. The Balaban J connectivity index is 2.83. The molecule has 0 amide bonds. The quantitative estimate of drug-likeness (QED) is 0.841. The van der Waals surface area contributed by atoms with Gasteiger partial charge in [0.25, 0.3) is 0 Å². The first-order valence-electron chi connectivity index (χ1n) is 3.96. The molecule has 1 atom stereocenters. The zero-order chi connectivity index (χ0) is 12.3. The molecule has 0 aromatic rings. The molecule has 0 aromatic carbocycles. The summed E-state index contributed by atoms with van der Waals surface area (Å²) in [6.45, 7) is -1.51. The van der Waals surface area contributed by atoms with Crippen LogP contribution in [0.25, 0.3) is 0 Å². The van der Waals surface area contributed by atoms with Gasteiger partial charge in [0.1, 0.15) is 0 Å². The minimum atomic E-state index is -4.49. The van der Waals surface area contributed by atoms with Gasteiger partial charge in [-0.25, -0.2) is 0 Å². The van der Waals surface area contributed by atoms with Crippen LogP contribution in [0.2, 0.25) is 0 Å². The third-order valence-electron chi connectivity index (χ3n) is 1.57. The fraction of sp³-hybridized carbons (Fsp3) is 0.375. The van der Waals surface area contributed by atoms with E-state index in [2.05, 4.69) is 10.1 Å².